The molecule has 1 atom stereocenters. The number of unbranched alkanes of at least 4 members (excludes halogenated alkanes) is 5. The number of rotatable bonds is 22. The van der Waals surface area contributed by atoms with Crippen molar-refractivity contribution in [2.75, 3.05) is 13.2 Å². The number of carbonyl (C=O) groups is 3. The molecule has 3 aromatic carbocycles. The molecule has 1 unspecified atom stereocenters. The lowest BCUT2D eigenvalue weighted by atomic mass is 10.0. The van der Waals surface area contributed by atoms with E-state index in [9.17, 15) is 14.4 Å². The van der Waals surface area contributed by atoms with Gasteiger partial charge in [-0.1, -0.05) is 57.2 Å². The van der Waals surface area contributed by atoms with Crippen molar-refractivity contribution >= 4 is 17.9 Å². The standard InChI is InChI=1S/C39H46O8/c1-4-7-10-13-38(47-37(41)6-3)45-34-24-26-35(27-25-34)46-39(42)32-20-16-30(17-21-32)14-15-31-18-22-33(23-19-31)43-28-11-8-9-12-29-44-36(40)5-2/h5-6,16-27,38H,2-4,7-15,28-29H2,1H3. The highest BCUT2D eigenvalue weighted by Crippen LogP contribution is 2.22. The van der Waals surface area contributed by atoms with Gasteiger partial charge in [0.1, 0.15) is 17.2 Å². The summed E-state index contributed by atoms with van der Waals surface area (Å²) in [6.45, 7) is 9.99. The fourth-order valence-corrected chi connectivity index (χ4v) is 4.61. The smallest absolute Gasteiger partial charge is 0.343 e. The maximum absolute atomic E-state index is 12.7. The topological polar surface area (TPSA) is 97.4 Å². The summed E-state index contributed by atoms with van der Waals surface area (Å²) in [5, 5.41) is 0. The summed E-state index contributed by atoms with van der Waals surface area (Å²) in [7, 11) is 0. The second-order valence-electron chi connectivity index (χ2n) is 11.0. The molecule has 0 amide bonds. The SMILES string of the molecule is C=CC(=O)OCCCCCCOc1ccc(CCc2ccc(C(=O)Oc3ccc(OC(CCCCC)OC(=O)C=C)cc3)cc2)cc1. The van der Waals surface area contributed by atoms with E-state index in [4.69, 9.17) is 23.7 Å². The summed E-state index contributed by atoms with van der Waals surface area (Å²) in [4.78, 5) is 35.4. The first kappa shape index (κ1) is 36.6. The number of esters is 3. The van der Waals surface area contributed by atoms with E-state index < -0.39 is 18.2 Å². The Kier molecular flexibility index (Phi) is 16.4. The highest BCUT2D eigenvalue weighted by atomic mass is 16.7. The molecule has 0 saturated carbocycles. The van der Waals surface area contributed by atoms with E-state index >= 15 is 0 Å². The number of ether oxygens (including phenoxy) is 5. The average molecular weight is 643 g/mol. The Balaban J connectivity index is 1.37. The van der Waals surface area contributed by atoms with Crippen LogP contribution in [0, 0.1) is 0 Å². The van der Waals surface area contributed by atoms with Gasteiger partial charge in [0.15, 0.2) is 0 Å². The molecule has 3 rings (SSSR count). The molecule has 0 fully saturated rings. The third kappa shape index (κ3) is 14.4. The first-order chi connectivity index (χ1) is 22.9. The minimum Gasteiger partial charge on any atom is -0.494 e. The van der Waals surface area contributed by atoms with Gasteiger partial charge in [0, 0.05) is 18.6 Å². The normalized spacial score (nSPS) is 11.2. The molecular weight excluding hydrogens is 596 g/mol. The number of hydrogen-bond acceptors (Lipinski definition) is 8. The van der Waals surface area contributed by atoms with Crippen LogP contribution < -0.4 is 14.2 Å². The number of hydrogen-bond donors (Lipinski definition) is 0. The van der Waals surface area contributed by atoms with Gasteiger partial charge in [0.2, 0.25) is 6.29 Å². The zero-order valence-corrected chi connectivity index (χ0v) is 27.3. The van der Waals surface area contributed by atoms with Crippen LogP contribution in [-0.2, 0) is 31.9 Å². The third-order valence-electron chi connectivity index (χ3n) is 7.29. The van der Waals surface area contributed by atoms with E-state index in [-0.39, 0.29) is 5.97 Å². The van der Waals surface area contributed by atoms with Crippen LogP contribution in [-0.4, -0.2) is 37.4 Å². The van der Waals surface area contributed by atoms with Crippen molar-refractivity contribution in [1.29, 1.82) is 0 Å². The number of benzene rings is 3. The molecule has 8 nitrogen and oxygen atoms in total. The zero-order valence-electron chi connectivity index (χ0n) is 27.3. The maximum Gasteiger partial charge on any atom is 0.343 e. The fraction of sp³-hybridized carbons (Fsp3) is 0.359. The van der Waals surface area contributed by atoms with Crippen molar-refractivity contribution in [2.24, 2.45) is 0 Å². The highest BCUT2D eigenvalue weighted by Gasteiger charge is 2.15. The van der Waals surface area contributed by atoms with Gasteiger partial charge in [-0.05, 0) is 105 Å². The molecule has 0 N–H and O–H groups in total. The summed E-state index contributed by atoms with van der Waals surface area (Å²) in [6, 6.07) is 22.2. The van der Waals surface area contributed by atoms with Gasteiger partial charge in [-0.25, -0.2) is 14.4 Å². The molecule has 0 aliphatic rings. The van der Waals surface area contributed by atoms with Crippen LogP contribution in [0.4, 0.5) is 0 Å². The van der Waals surface area contributed by atoms with Crippen molar-refractivity contribution in [3.05, 3.63) is 115 Å². The summed E-state index contributed by atoms with van der Waals surface area (Å²) >= 11 is 0. The second-order valence-corrected chi connectivity index (χ2v) is 11.0. The fourth-order valence-electron chi connectivity index (χ4n) is 4.61. The summed E-state index contributed by atoms with van der Waals surface area (Å²) < 4.78 is 27.5. The van der Waals surface area contributed by atoms with Gasteiger partial charge >= 0.3 is 17.9 Å². The van der Waals surface area contributed by atoms with Gasteiger partial charge in [0.05, 0.1) is 18.8 Å². The van der Waals surface area contributed by atoms with Crippen molar-refractivity contribution < 1.29 is 38.1 Å². The Morgan fingerprint density at radius 3 is 1.85 bits per heavy atom. The lowest BCUT2D eigenvalue weighted by Gasteiger charge is -2.19. The minimum atomic E-state index is -0.714. The lowest BCUT2D eigenvalue weighted by molar-refractivity contribution is -0.158. The van der Waals surface area contributed by atoms with Crippen LogP contribution >= 0.6 is 0 Å². The van der Waals surface area contributed by atoms with Crippen LogP contribution in [0.15, 0.2) is 98.1 Å². The molecule has 250 valence electrons. The Bertz CT molecular complexity index is 1390. The van der Waals surface area contributed by atoms with Gasteiger partial charge in [-0.3, -0.25) is 0 Å². The van der Waals surface area contributed by atoms with E-state index in [2.05, 4.69) is 32.2 Å². The second kappa shape index (κ2) is 21.0. The molecule has 0 saturated heterocycles. The highest BCUT2D eigenvalue weighted by molar-refractivity contribution is 5.91. The Labute approximate surface area is 278 Å². The van der Waals surface area contributed by atoms with Gasteiger partial charge < -0.3 is 23.7 Å². The first-order valence-corrected chi connectivity index (χ1v) is 16.3. The molecule has 0 heterocycles. The summed E-state index contributed by atoms with van der Waals surface area (Å²) in [5.41, 5.74) is 2.78. The molecule has 0 aliphatic heterocycles. The predicted octanol–water partition coefficient (Wildman–Crippen LogP) is 8.37. The molecule has 3 aromatic rings. The molecule has 47 heavy (non-hydrogen) atoms. The van der Waals surface area contributed by atoms with Gasteiger partial charge in [0.25, 0.3) is 0 Å². The molecular formula is C39H46O8. The quantitative estimate of drug-likeness (QED) is 0.0355. The average Bonchev–Trinajstić information content (AvgIpc) is 3.09. The Morgan fingerprint density at radius 1 is 0.660 bits per heavy atom. The van der Waals surface area contributed by atoms with E-state index in [1.807, 2.05) is 24.3 Å². The zero-order chi connectivity index (χ0) is 33.7. The Hall–Kier alpha value is -4.85. The first-order valence-electron chi connectivity index (χ1n) is 16.3. The van der Waals surface area contributed by atoms with Gasteiger partial charge in [-0.2, -0.15) is 0 Å². The van der Waals surface area contributed by atoms with Crippen LogP contribution in [0.2, 0.25) is 0 Å². The summed E-state index contributed by atoms with van der Waals surface area (Å²) in [5.74, 6) is 0.368. The molecule has 0 aromatic heterocycles. The van der Waals surface area contributed by atoms with Crippen molar-refractivity contribution in [3.8, 4) is 17.2 Å². The van der Waals surface area contributed by atoms with Crippen LogP contribution in [0.3, 0.4) is 0 Å². The molecule has 8 heteroatoms. The maximum atomic E-state index is 12.7. The van der Waals surface area contributed by atoms with Crippen molar-refractivity contribution in [2.45, 2.75) is 77.4 Å². The largest absolute Gasteiger partial charge is 0.494 e. The monoisotopic (exact) mass is 642 g/mol. The molecule has 0 spiro atoms. The minimum absolute atomic E-state index is 0.376. The van der Waals surface area contributed by atoms with Crippen molar-refractivity contribution in [3.63, 3.8) is 0 Å². The number of carbonyl (C=O) groups excluding carboxylic acids is 3. The lowest BCUT2D eigenvalue weighted by Crippen LogP contribution is -2.23. The Morgan fingerprint density at radius 2 is 1.23 bits per heavy atom. The van der Waals surface area contributed by atoms with E-state index in [0.717, 1.165) is 75.2 Å². The predicted molar refractivity (Wildman–Crippen MR) is 182 cm³/mol. The molecule has 0 radical (unpaired) electrons. The van der Waals surface area contributed by atoms with Gasteiger partial charge in [-0.15, -0.1) is 0 Å². The third-order valence-corrected chi connectivity index (χ3v) is 7.29. The van der Waals surface area contributed by atoms with Crippen LogP contribution in [0.25, 0.3) is 0 Å². The molecule has 0 aliphatic carbocycles. The van der Waals surface area contributed by atoms with E-state index in [1.165, 1.54) is 11.6 Å². The van der Waals surface area contributed by atoms with Crippen molar-refractivity contribution in [1.82, 2.24) is 0 Å². The number of aryl methyl sites for hydroxylation is 2. The van der Waals surface area contributed by atoms with E-state index in [1.54, 1.807) is 36.4 Å². The molecule has 0 bridgehead atoms. The van der Waals surface area contributed by atoms with Crippen LogP contribution in [0.1, 0.15) is 79.8 Å². The summed E-state index contributed by atoms with van der Waals surface area (Å²) in [6.07, 6.45) is 10.5. The van der Waals surface area contributed by atoms with E-state index in [0.29, 0.717) is 36.7 Å². The van der Waals surface area contributed by atoms with Crippen LogP contribution in [0.5, 0.6) is 17.2 Å².